The van der Waals surface area contributed by atoms with Crippen molar-refractivity contribution in [2.24, 2.45) is 5.92 Å². The highest BCUT2D eigenvalue weighted by molar-refractivity contribution is 5.89. The number of benzene rings is 1. The summed E-state index contributed by atoms with van der Waals surface area (Å²) in [5.41, 5.74) is -0.557. The van der Waals surface area contributed by atoms with Gasteiger partial charge in [-0.15, -0.1) is 0 Å². The van der Waals surface area contributed by atoms with E-state index in [1.807, 2.05) is 0 Å². The first-order valence-corrected chi connectivity index (χ1v) is 6.68. The van der Waals surface area contributed by atoms with Crippen LogP contribution in [0.4, 0.5) is 23.7 Å². The second-order valence-electron chi connectivity index (χ2n) is 5.06. The molecule has 2 amide bonds. The summed E-state index contributed by atoms with van der Waals surface area (Å²) in [5.74, 6) is -4.10. The molecule has 1 atom stereocenters. The molecule has 0 bridgehead atoms. The summed E-state index contributed by atoms with van der Waals surface area (Å²) >= 11 is 0. The molecule has 2 rings (SSSR count). The minimum Gasteiger partial charge on any atom is -0.469 e. The summed E-state index contributed by atoms with van der Waals surface area (Å²) in [6, 6.07) is 0.433. The highest BCUT2D eigenvalue weighted by Crippen LogP contribution is 2.23. The van der Waals surface area contributed by atoms with Gasteiger partial charge in [0.2, 0.25) is 0 Å². The number of urea groups is 1. The zero-order valence-electron chi connectivity index (χ0n) is 11.9. The van der Waals surface area contributed by atoms with Crippen LogP contribution >= 0.6 is 0 Å². The van der Waals surface area contributed by atoms with Crippen LogP contribution < -0.4 is 5.32 Å². The third kappa shape index (κ3) is 3.69. The lowest BCUT2D eigenvalue weighted by Crippen LogP contribution is -2.33. The number of likely N-dealkylation sites (tertiary alicyclic amines) is 1. The third-order valence-corrected chi connectivity index (χ3v) is 3.49. The third-order valence-electron chi connectivity index (χ3n) is 3.49. The van der Waals surface area contributed by atoms with Gasteiger partial charge in [0, 0.05) is 25.2 Å². The average molecular weight is 316 g/mol. The van der Waals surface area contributed by atoms with E-state index in [1.165, 1.54) is 12.0 Å². The number of anilines is 1. The van der Waals surface area contributed by atoms with Crippen molar-refractivity contribution in [1.82, 2.24) is 4.90 Å². The van der Waals surface area contributed by atoms with Crippen molar-refractivity contribution in [3.63, 3.8) is 0 Å². The number of nitrogens with zero attached hydrogens (tertiary/aromatic N) is 1. The normalized spacial score (nSPS) is 17.5. The highest BCUT2D eigenvalue weighted by atomic mass is 19.2. The first-order valence-electron chi connectivity index (χ1n) is 6.68. The number of ether oxygens (including phenoxy) is 1. The number of amides is 2. The molecule has 0 spiro atoms. The van der Waals surface area contributed by atoms with Crippen LogP contribution in [0, 0.1) is 23.4 Å². The van der Waals surface area contributed by atoms with Gasteiger partial charge in [0.25, 0.3) is 0 Å². The van der Waals surface area contributed by atoms with Crippen LogP contribution in [0.1, 0.15) is 12.8 Å². The van der Waals surface area contributed by atoms with Crippen LogP contribution in [-0.2, 0) is 9.53 Å². The lowest BCUT2D eigenvalue weighted by atomic mass is 10.1. The average Bonchev–Trinajstić information content (AvgIpc) is 2.92. The van der Waals surface area contributed by atoms with Crippen molar-refractivity contribution < 1.29 is 27.5 Å². The van der Waals surface area contributed by atoms with E-state index in [1.54, 1.807) is 0 Å². The van der Waals surface area contributed by atoms with Gasteiger partial charge in [0.15, 0.2) is 11.6 Å². The SMILES string of the molecule is COC(=O)C[C@@H]1CCN(C(=O)Nc2cc(F)cc(F)c2F)C1. The fourth-order valence-electron chi connectivity index (χ4n) is 2.34. The summed E-state index contributed by atoms with van der Waals surface area (Å²) in [6.45, 7) is 0.660. The molecular formula is C14H15F3N2O3. The molecule has 22 heavy (non-hydrogen) atoms. The van der Waals surface area contributed by atoms with Gasteiger partial charge in [0.1, 0.15) is 5.82 Å². The first-order chi connectivity index (χ1) is 10.4. The maximum Gasteiger partial charge on any atom is 0.321 e. The number of carbonyl (C=O) groups is 2. The number of rotatable bonds is 3. The van der Waals surface area contributed by atoms with Crippen LogP contribution in [0.5, 0.6) is 0 Å². The molecule has 1 aromatic rings. The van der Waals surface area contributed by atoms with Gasteiger partial charge in [-0.1, -0.05) is 0 Å². The summed E-state index contributed by atoms with van der Waals surface area (Å²) in [5, 5.41) is 2.14. The van der Waals surface area contributed by atoms with E-state index in [9.17, 15) is 22.8 Å². The molecule has 0 unspecified atom stereocenters. The number of esters is 1. The molecule has 1 saturated heterocycles. The number of methoxy groups -OCH3 is 1. The molecule has 0 aliphatic carbocycles. The molecule has 0 radical (unpaired) electrons. The molecule has 120 valence electrons. The van der Waals surface area contributed by atoms with Crippen molar-refractivity contribution in [3.8, 4) is 0 Å². The topological polar surface area (TPSA) is 58.6 Å². The summed E-state index contributed by atoms with van der Waals surface area (Å²) in [7, 11) is 1.28. The van der Waals surface area contributed by atoms with Crippen LogP contribution in [0.25, 0.3) is 0 Å². The summed E-state index contributed by atoms with van der Waals surface area (Å²) in [6.07, 6.45) is 0.783. The van der Waals surface area contributed by atoms with Crippen LogP contribution in [0.15, 0.2) is 12.1 Å². The standard InChI is InChI=1S/C14H15F3N2O3/c1-22-12(20)4-8-2-3-19(7-8)14(21)18-11-6-9(15)5-10(16)13(11)17/h5-6,8H,2-4,7H2,1H3,(H,18,21)/t8-/m0/s1. The quantitative estimate of drug-likeness (QED) is 0.688. The van der Waals surface area contributed by atoms with Crippen LogP contribution in [0.2, 0.25) is 0 Å². The van der Waals surface area contributed by atoms with Crippen molar-refractivity contribution in [3.05, 3.63) is 29.6 Å². The predicted octanol–water partition coefficient (Wildman–Crippen LogP) is 2.52. The van der Waals surface area contributed by atoms with Gasteiger partial charge in [-0.2, -0.15) is 0 Å². The lowest BCUT2D eigenvalue weighted by molar-refractivity contribution is -0.141. The highest BCUT2D eigenvalue weighted by Gasteiger charge is 2.28. The second-order valence-corrected chi connectivity index (χ2v) is 5.06. The largest absolute Gasteiger partial charge is 0.469 e. The monoisotopic (exact) mass is 316 g/mol. The van der Waals surface area contributed by atoms with E-state index in [-0.39, 0.29) is 18.3 Å². The predicted molar refractivity (Wildman–Crippen MR) is 71.6 cm³/mol. The number of nitrogens with one attached hydrogen (secondary N) is 1. The molecule has 8 heteroatoms. The molecule has 1 aliphatic rings. The Bertz CT molecular complexity index is 595. The van der Waals surface area contributed by atoms with Crippen molar-refractivity contribution in [2.45, 2.75) is 12.8 Å². The molecular weight excluding hydrogens is 301 g/mol. The summed E-state index contributed by atoms with van der Waals surface area (Å²) < 4.78 is 44.2. The fourth-order valence-corrected chi connectivity index (χ4v) is 2.34. The molecule has 0 aromatic heterocycles. The van der Waals surface area contributed by atoms with Gasteiger partial charge in [-0.25, -0.2) is 18.0 Å². The molecule has 1 heterocycles. The Labute approximate surface area is 125 Å². The fraction of sp³-hybridized carbons (Fsp3) is 0.429. The van der Waals surface area contributed by atoms with E-state index in [0.717, 1.165) is 0 Å². The van der Waals surface area contributed by atoms with Crippen molar-refractivity contribution >= 4 is 17.7 Å². The minimum absolute atomic E-state index is 0.0488. The summed E-state index contributed by atoms with van der Waals surface area (Å²) in [4.78, 5) is 24.5. The number of hydrogen-bond donors (Lipinski definition) is 1. The van der Waals surface area contributed by atoms with Gasteiger partial charge < -0.3 is 15.0 Å². The Morgan fingerprint density at radius 2 is 2.09 bits per heavy atom. The number of carbonyl (C=O) groups excluding carboxylic acids is 2. The maximum atomic E-state index is 13.5. The van der Waals surface area contributed by atoms with Crippen molar-refractivity contribution in [1.29, 1.82) is 0 Å². The van der Waals surface area contributed by atoms with Gasteiger partial charge in [0.05, 0.1) is 19.2 Å². The molecule has 1 aromatic carbocycles. The Morgan fingerprint density at radius 3 is 2.77 bits per heavy atom. The van der Waals surface area contributed by atoms with Crippen LogP contribution in [0.3, 0.4) is 0 Å². The molecule has 1 N–H and O–H groups in total. The second kappa shape index (κ2) is 6.67. The van der Waals surface area contributed by atoms with Gasteiger partial charge in [-0.3, -0.25) is 4.79 Å². The van der Waals surface area contributed by atoms with E-state index < -0.39 is 29.2 Å². The maximum absolute atomic E-state index is 13.5. The molecule has 0 saturated carbocycles. The molecule has 5 nitrogen and oxygen atoms in total. The van der Waals surface area contributed by atoms with Crippen LogP contribution in [-0.4, -0.2) is 37.1 Å². The Balaban J connectivity index is 1.98. The Morgan fingerprint density at radius 1 is 1.36 bits per heavy atom. The van der Waals surface area contributed by atoms with E-state index >= 15 is 0 Å². The number of hydrogen-bond acceptors (Lipinski definition) is 3. The van der Waals surface area contributed by atoms with Crippen molar-refractivity contribution in [2.75, 3.05) is 25.5 Å². The van der Waals surface area contributed by atoms with E-state index in [4.69, 9.17) is 0 Å². The van der Waals surface area contributed by atoms with E-state index in [0.29, 0.717) is 31.6 Å². The van der Waals surface area contributed by atoms with Gasteiger partial charge >= 0.3 is 12.0 Å². The zero-order valence-corrected chi connectivity index (χ0v) is 11.9. The lowest BCUT2D eigenvalue weighted by Gasteiger charge is -2.17. The first kappa shape index (κ1) is 16.1. The molecule has 1 aliphatic heterocycles. The smallest absolute Gasteiger partial charge is 0.321 e. The number of halogens is 3. The van der Waals surface area contributed by atoms with Gasteiger partial charge in [-0.05, 0) is 12.3 Å². The Hall–Kier alpha value is -2.25. The van der Waals surface area contributed by atoms with E-state index in [2.05, 4.69) is 10.1 Å². The zero-order chi connectivity index (χ0) is 16.3. The minimum atomic E-state index is -1.37. The molecule has 1 fully saturated rings. The Kier molecular flexibility index (Phi) is 4.89.